The largest absolute Gasteiger partial charge is 0.508 e. The molecule has 102 valence electrons. The van der Waals surface area contributed by atoms with Gasteiger partial charge in [0.1, 0.15) is 11.5 Å². The number of rotatable bonds is 3. The smallest absolute Gasteiger partial charge is 0.255 e. The summed E-state index contributed by atoms with van der Waals surface area (Å²) in [5.74, 6) is -0.214. The highest BCUT2D eigenvalue weighted by Crippen LogP contribution is 2.34. The van der Waals surface area contributed by atoms with Crippen LogP contribution in [0.25, 0.3) is 0 Å². The molecule has 0 spiro atoms. The van der Waals surface area contributed by atoms with Crippen molar-refractivity contribution in [3.05, 3.63) is 59.2 Å². The highest BCUT2D eigenvalue weighted by atomic mass is 16.3. The Morgan fingerprint density at radius 1 is 1.20 bits per heavy atom. The summed E-state index contributed by atoms with van der Waals surface area (Å²) in [5.41, 5.74) is 2.69. The van der Waals surface area contributed by atoms with Gasteiger partial charge in [-0.2, -0.15) is 0 Å². The van der Waals surface area contributed by atoms with Crippen molar-refractivity contribution in [2.24, 2.45) is 0 Å². The lowest BCUT2D eigenvalue weighted by molar-refractivity contribution is 0.0947. The number of nitrogens with one attached hydrogen (secondary N) is 1. The maximum Gasteiger partial charge on any atom is 0.255 e. The molecule has 0 saturated heterocycles. The molecule has 1 aliphatic rings. The van der Waals surface area contributed by atoms with E-state index in [1.807, 2.05) is 12.1 Å². The molecule has 1 amide bonds. The average molecular weight is 269 g/mol. The number of hydrogen-bond donors (Lipinski definition) is 3. The summed E-state index contributed by atoms with van der Waals surface area (Å²) < 4.78 is 0. The fourth-order valence-corrected chi connectivity index (χ4v) is 2.56. The Bertz CT molecular complexity index is 667. The minimum atomic E-state index is -0.372. The Morgan fingerprint density at radius 2 is 2.00 bits per heavy atom. The summed E-state index contributed by atoms with van der Waals surface area (Å²) in [6, 6.07) is 12.1. The molecule has 0 radical (unpaired) electrons. The van der Waals surface area contributed by atoms with E-state index in [2.05, 4.69) is 17.4 Å². The van der Waals surface area contributed by atoms with Gasteiger partial charge in [0.2, 0.25) is 0 Å². The molecule has 0 aromatic heterocycles. The minimum Gasteiger partial charge on any atom is -0.508 e. The van der Waals surface area contributed by atoms with Crippen LogP contribution in [0, 0.1) is 0 Å². The van der Waals surface area contributed by atoms with Crippen molar-refractivity contribution < 1.29 is 15.0 Å². The summed E-state index contributed by atoms with van der Waals surface area (Å²) in [4.78, 5) is 12.0. The lowest BCUT2D eigenvalue weighted by atomic mass is 9.77. The number of fused-ring (bicyclic) bond motifs is 1. The number of phenols is 2. The molecule has 2 aromatic carbocycles. The summed E-state index contributed by atoms with van der Waals surface area (Å²) in [6.07, 6.45) is 0.961. The first-order valence-corrected chi connectivity index (χ1v) is 6.53. The number of carbonyl (C=O) groups excluding carboxylic acids is 1. The van der Waals surface area contributed by atoms with E-state index in [0.717, 1.165) is 6.42 Å². The second kappa shape index (κ2) is 4.89. The van der Waals surface area contributed by atoms with Crippen LogP contribution in [0.2, 0.25) is 0 Å². The third-order valence-corrected chi connectivity index (χ3v) is 3.70. The van der Waals surface area contributed by atoms with Crippen molar-refractivity contribution in [1.82, 2.24) is 5.32 Å². The van der Waals surface area contributed by atoms with Crippen LogP contribution in [0.3, 0.4) is 0 Å². The molecule has 20 heavy (non-hydrogen) atoms. The van der Waals surface area contributed by atoms with E-state index in [-0.39, 0.29) is 23.0 Å². The van der Waals surface area contributed by atoms with Crippen molar-refractivity contribution in [2.75, 3.05) is 6.54 Å². The standard InChI is InChI=1S/C16H15NO3/c18-12-5-6-15(19)14(8-12)16(20)17-9-11-7-10-3-1-2-4-13(10)11/h1-6,8,11,18-19H,7,9H2,(H,17,20). The first-order chi connectivity index (χ1) is 9.65. The van der Waals surface area contributed by atoms with Crippen molar-refractivity contribution in [2.45, 2.75) is 12.3 Å². The summed E-state index contributed by atoms with van der Waals surface area (Å²) in [7, 11) is 0. The molecular weight excluding hydrogens is 254 g/mol. The number of benzene rings is 2. The van der Waals surface area contributed by atoms with Crippen LogP contribution in [0.1, 0.15) is 27.4 Å². The van der Waals surface area contributed by atoms with Crippen molar-refractivity contribution in [3.8, 4) is 11.5 Å². The van der Waals surface area contributed by atoms with E-state index in [1.54, 1.807) is 0 Å². The molecule has 1 aliphatic carbocycles. The van der Waals surface area contributed by atoms with Crippen LogP contribution in [-0.2, 0) is 6.42 Å². The molecule has 1 unspecified atom stereocenters. The zero-order valence-electron chi connectivity index (χ0n) is 10.8. The predicted octanol–water partition coefficient (Wildman–Crippen LogP) is 2.17. The summed E-state index contributed by atoms with van der Waals surface area (Å²) in [5, 5.41) is 21.8. The van der Waals surface area contributed by atoms with E-state index in [1.165, 1.54) is 29.3 Å². The van der Waals surface area contributed by atoms with Gasteiger partial charge in [-0.1, -0.05) is 24.3 Å². The molecule has 0 saturated carbocycles. The SMILES string of the molecule is O=C(NCC1Cc2ccccc21)c1cc(O)ccc1O. The molecule has 3 N–H and O–H groups in total. The van der Waals surface area contributed by atoms with E-state index >= 15 is 0 Å². The molecule has 1 atom stereocenters. The first kappa shape index (κ1) is 12.5. The van der Waals surface area contributed by atoms with Crippen molar-refractivity contribution >= 4 is 5.91 Å². The van der Waals surface area contributed by atoms with Gasteiger partial charge in [0.15, 0.2) is 0 Å². The molecule has 0 bridgehead atoms. The molecule has 0 heterocycles. The van der Waals surface area contributed by atoms with Crippen LogP contribution >= 0.6 is 0 Å². The van der Waals surface area contributed by atoms with Gasteiger partial charge in [0, 0.05) is 12.5 Å². The van der Waals surface area contributed by atoms with E-state index in [4.69, 9.17) is 0 Å². The molecule has 3 rings (SSSR count). The normalized spacial score (nSPS) is 16.1. The number of carbonyl (C=O) groups is 1. The van der Waals surface area contributed by atoms with Gasteiger partial charge >= 0.3 is 0 Å². The molecule has 4 nitrogen and oxygen atoms in total. The minimum absolute atomic E-state index is 0.0399. The predicted molar refractivity (Wildman–Crippen MR) is 75.0 cm³/mol. The lowest BCUT2D eigenvalue weighted by Crippen LogP contribution is -2.33. The van der Waals surface area contributed by atoms with Crippen LogP contribution in [0.5, 0.6) is 11.5 Å². The van der Waals surface area contributed by atoms with Crippen LogP contribution in [-0.4, -0.2) is 22.7 Å². The Morgan fingerprint density at radius 3 is 2.80 bits per heavy atom. The van der Waals surface area contributed by atoms with Gasteiger partial charge in [-0.3, -0.25) is 4.79 Å². The van der Waals surface area contributed by atoms with Crippen molar-refractivity contribution in [3.63, 3.8) is 0 Å². The Kier molecular flexibility index (Phi) is 3.06. The Hall–Kier alpha value is -2.49. The number of amides is 1. The second-order valence-electron chi connectivity index (χ2n) is 5.01. The monoisotopic (exact) mass is 269 g/mol. The quantitative estimate of drug-likeness (QED) is 0.748. The van der Waals surface area contributed by atoms with Gasteiger partial charge in [-0.15, -0.1) is 0 Å². The third kappa shape index (κ3) is 2.20. The second-order valence-corrected chi connectivity index (χ2v) is 5.01. The maximum absolute atomic E-state index is 12.0. The van der Waals surface area contributed by atoms with Crippen molar-refractivity contribution in [1.29, 1.82) is 0 Å². The highest BCUT2D eigenvalue weighted by Gasteiger charge is 2.25. The van der Waals surface area contributed by atoms with Crippen LogP contribution < -0.4 is 5.32 Å². The lowest BCUT2D eigenvalue weighted by Gasteiger charge is -2.30. The van der Waals surface area contributed by atoms with E-state index in [0.29, 0.717) is 12.5 Å². The molecule has 0 fully saturated rings. The van der Waals surface area contributed by atoms with Crippen LogP contribution in [0.4, 0.5) is 0 Å². The van der Waals surface area contributed by atoms with Gasteiger partial charge in [-0.05, 0) is 35.7 Å². The number of aromatic hydroxyl groups is 2. The average Bonchev–Trinajstić information content (AvgIpc) is 2.42. The molecule has 2 aromatic rings. The molecular formula is C16H15NO3. The zero-order chi connectivity index (χ0) is 14.1. The van der Waals surface area contributed by atoms with Crippen LogP contribution in [0.15, 0.2) is 42.5 Å². The number of hydrogen-bond acceptors (Lipinski definition) is 3. The van der Waals surface area contributed by atoms with Gasteiger partial charge in [-0.25, -0.2) is 0 Å². The number of phenolic OH excluding ortho intramolecular Hbond substituents is 2. The summed E-state index contributed by atoms with van der Waals surface area (Å²) >= 11 is 0. The maximum atomic E-state index is 12.0. The fraction of sp³-hybridized carbons (Fsp3) is 0.188. The van der Waals surface area contributed by atoms with E-state index in [9.17, 15) is 15.0 Å². The van der Waals surface area contributed by atoms with Gasteiger partial charge < -0.3 is 15.5 Å². The molecule has 4 heteroatoms. The first-order valence-electron chi connectivity index (χ1n) is 6.53. The summed E-state index contributed by atoms with van der Waals surface area (Å²) in [6.45, 7) is 0.533. The van der Waals surface area contributed by atoms with Gasteiger partial charge in [0.25, 0.3) is 5.91 Å². The highest BCUT2D eigenvalue weighted by molar-refractivity contribution is 5.97. The van der Waals surface area contributed by atoms with E-state index < -0.39 is 0 Å². The van der Waals surface area contributed by atoms with Gasteiger partial charge in [0.05, 0.1) is 5.56 Å². The zero-order valence-corrected chi connectivity index (χ0v) is 10.8. The Balaban J connectivity index is 1.65. The molecule has 0 aliphatic heterocycles. The fourth-order valence-electron chi connectivity index (χ4n) is 2.56. The topological polar surface area (TPSA) is 69.6 Å². The Labute approximate surface area is 116 Å². The third-order valence-electron chi connectivity index (χ3n) is 3.70.